The van der Waals surface area contributed by atoms with Crippen LogP contribution in [0, 0.1) is 5.92 Å². The Morgan fingerprint density at radius 2 is 1.79 bits per heavy atom. The Hall–Kier alpha value is -3.61. The number of rotatable bonds is 7. The maximum atomic E-state index is 12.6. The SMILES string of the molecule is CC(C)CNC(=O)c1ccc(Nc2c(Oc3ccccc3)cnn(C)c2=O)cc1. The van der Waals surface area contributed by atoms with Crippen molar-refractivity contribution in [3.8, 4) is 11.5 Å². The van der Waals surface area contributed by atoms with Crippen LogP contribution in [0.5, 0.6) is 11.5 Å². The minimum atomic E-state index is -0.322. The summed E-state index contributed by atoms with van der Waals surface area (Å²) in [6.45, 7) is 4.70. The molecule has 2 aromatic carbocycles. The van der Waals surface area contributed by atoms with E-state index < -0.39 is 0 Å². The first-order chi connectivity index (χ1) is 13.9. The number of hydrogen-bond acceptors (Lipinski definition) is 5. The summed E-state index contributed by atoms with van der Waals surface area (Å²) in [5, 5.41) is 10.0. The highest BCUT2D eigenvalue weighted by atomic mass is 16.5. The molecule has 0 radical (unpaired) electrons. The predicted molar refractivity (Wildman–Crippen MR) is 113 cm³/mol. The number of aromatic nitrogens is 2. The summed E-state index contributed by atoms with van der Waals surface area (Å²) in [6, 6.07) is 16.1. The predicted octanol–water partition coefficient (Wildman–Crippen LogP) is 3.70. The van der Waals surface area contributed by atoms with Gasteiger partial charge in [-0.1, -0.05) is 32.0 Å². The Balaban J connectivity index is 1.81. The molecule has 0 saturated heterocycles. The largest absolute Gasteiger partial charge is 0.453 e. The number of anilines is 2. The standard InChI is InChI=1S/C22H24N4O3/c1-15(2)13-23-21(27)16-9-11-17(12-10-16)25-20-19(14-24-26(3)22(20)28)29-18-7-5-4-6-8-18/h4-12,14-15,25H,13H2,1-3H3,(H,23,27). The van der Waals surface area contributed by atoms with E-state index in [0.29, 0.717) is 35.2 Å². The zero-order valence-electron chi connectivity index (χ0n) is 16.7. The maximum Gasteiger partial charge on any atom is 0.294 e. The van der Waals surface area contributed by atoms with Crippen LogP contribution < -0.4 is 20.9 Å². The molecule has 0 aliphatic carbocycles. The first kappa shape index (κ1) is 20.1. The molecular weight excluding hydrogens is 368 g/mol. The van der Waals surface area contributed by atoms with Gasteiger partial charge in [-0.05, 0) is 42.3 Å². The lowest BCUT2D eigenvalue weighted by Crippen LogP contribution is -2.27. The molecule has 1 aromatic heterocycles. The molecule has 0 atom stereocenters. The van der Waals surface area contributed by atoms with Gasteiger partial charge in [0.05, 0.1) is 6.20 Å². The second kappa shape index (κ2) is 9.05. The third-order valence-electron chi connectivity index (χ3n) is 4.16. The van der Waals surface area contributed by atoms with Crippen LogP contribution in [0.1, 0.15) is 24.2 Å². The molecule has 0 fully saturated rings. The normalized spacial score (nSPS) is 10.6. The highest BCUT2D eigenvalue weighted by Crippen LogP contribution is 2.28. The number of carbonyl (C=O) groups is 1. The van der Waals surface area contributed by atoms with Crippen LogP contribution in [0.3, 0.4) is 0 Å². The van der Waals surface area contributed by atoms with Gasteiger partial charge in [-0.3, -0.25) is 9.59 Å². The van der Waals surface area contributed by atoms with Crippen LogP contribution >= 0.6 is 0 Å². The number of aryl methyl sites for hydroxylation is 1. The van der Waals surface area contributed by atoms with Crippen LogP contribution in [0.2, 0.25) is 0 Å². The van der Waals surface area contributed by atoms with E-state index >= 15 is 0 Å². The molecule has 7 heteroatoms. The average molecular weight is 392 g/mol. The number of amides is 1. The van der Waals surface area contributed by atoms with Crippen LogP contribution in [-0.2, 0) is 7.05 Å². The second-order valence-corrected chi connectivity index (χ2v) is 7.03. The highest BCUT2D eigenvalue weighted by molar-refractivity contribution is 5.94. The zero-order valence-corrected chi connectivity index (χ0v) is 16.7. The van der Waals surface area contributed by atoms with Gasteiger partial charge in [-0.25, -0.2) is 4.68 Å². The fraction of sp³-hybridized carbons (Fsp3) is 0.227. The molecule has 0 saturated carbocycles. The minimum absolute atomic E-state index is 0.127. The summed E-state index contributed by atoms with van der Waals surface area (Å²) in [5.41, 5.74) is 1.16. The van der Waals surface area contributed by atoms with Crippen LogP contribution in [0.15, 0.2) is 65.6 Å². The van der Waals surface area contributed by atoms with E-state index in [1.54, 1.807) is 43.4 Å². The van der Waals surface area contributed by atoms with Crippen molar-refractivity contribution in [2.45, 2.75) is 13.8 Å². The van der Waals surface area contributed by atoms with Gasteiger partial charge < -0.3 is 15.4 Å². The summed E-state index contributed by atoms with van der Waals surface area (Å²) in [7, 11) is 1.57. The highest BCUT2D eigenvalue weighted by Gasteiger charge is 2.13. The number of nitrogens with zero attached hydrogens (tertiary/aromatic N) is 2. The molecule has 0 bridgehead atoms. The number of carbonyl (C=O) groups excluding carboxylic acids is 1. The first-order valence-corrected chi connectivity index (χ1v) is 9.38. The number of ether oxygens (including phenoxy) is 1. The second-order valence-electron chi connectivity index (χ2n) is 7.03. The Morgan fingerprint density at radius 1 is 1.10 bits per heavy atom. The van der Waals surface area contributed by atoms with Gasteiger partial charge >= 0.3 is 0 Å². The zero-order chi connectivity index (χ0) is 20.8. The van der Waals surface area contributed by atoms with E-state index in [0.717, 1.165) is 0 Å². The lowest BCUT2D eigenvalue weighted by molar-refractivity contribution is 0.0949. The van der Waals surface area contributed by atoms with Gasteiger partial charge in [-0.15, -0.1) is 0 Å². The fourth-order valence-corrected chi connectivity index (χ4v) is 2.58. The number of para-hydroxylation sites is 1. The summed E-state index contributed by atoms with van der Waals surface area (Å²) in [4.78, 5) is 24.8. The van der Waals surface area contributed by atoms with Crippen molar-refractivity contribution >= 4 is 17.3 Å². The van der Waals surface area contributed by atoms with Gasteiger partial charge in [0.1, 0.15) is 5.75 Å². The molecule has 3 aromatic rings. The Labute approximate surface area is 169 Å². The molecule has 7 nitrogen and oxygen atoms in total. The third-order valence-corrected chi connectivity index (χ3v) is 4.16. The van der Waals surface area contributed by atoms with Gasteiger partial charge in [0.15, 0.2) is 11.4 Å². The van der Waals surface area contributed by atoms with Crippen molar-refractivity contribution in [3.63, 3.8) is 0 Å². The molecule has 0 aliphatic rings. The van der Waals surface area contributed by atoms with E-state index in [2.05, 4.69) is 15.7 Å². The van der Waals surface area contributed by atoms with E-state index in [4.69, 9.17) is 4.74 Å². The minimum Gasteiger partial charge on any atom is -0.453 e. The van der Waals surface area contributed by atoms with Crippen molar-refractivity contribution < 1.29 is 9.53 Å². The summed E-state index contributed by atoms with van der Waals surface area (Å²) < 4.78 is 7.06. The van der Waals surface area contributed by atoms with Crippen LogP contribution in [0.4, 0.5) is 11.4 Å². The lowest BCUT2D eigenvalue weighted by Gasteiger charge is -2.13. The van der Waals surface area contributed by atoms with Gasteiger partial charge in [0.25, 0.3) is 11.5 Å². The molecule has 29 heavy (non-hydrogen) atoms. The summed E-state index contributed by atoms with van der Waals surface area (Å²) in [6.07, 6.45) is 1.49. The van der Waals surface area contributed by atoms with E-state index in [1.165, 1.54) is 10.9 Å². The topological polar surface area (TPSA) is 85.2 Å². The summed E-state index contributed by atoms with van der Waals surface area (Å²) in [5.74, 6) is 1.17. The summed E-state index contributed by atoms with van der Waals surface area (Å²) >= 11 is 0. The molecular formula is C22H24N4O3. The lowest BCUT2D eigenvalue weighted by atomic mass is 10.1. The maximum absolute atomic E-state index is 12.6. The van der Waals surface area contributed by atoms with Crippen molar-refractivity contribution in [1.29, 1.82) is 0 Å². The Bertz CT molecular complexity index is 1030. The van der Waals surface area contributed by atoms with E-state index in [9.17, 15) is 9.59 Å². The molecule has 2 N–H and O–H groups in total. The van der Waals surface area contributed by atoms with Gasteiger partial charge in [-0.2, -0.15) is 5.10 Å². The molecule has 1 heterocycles. The average Bonchev–Trinajstić information content (AvgIpc) is 2.73. The smallest absolute Gasteiger partial charge is 0.294 e. The molecule has 1 amide bonds. The van der Waals surface area contributed by atoms with Crippen molar-refractivity contribution in [2.24, 2.45) is 13.0 Å². The van der Waals surface area contributed by atoms with Gasteiger partial charge in [0.2, 0.25) is 0 Å². The van der Waals surface area contributed by atoms with Gasteiger partial charge in [0, 0.05) is 24.8 Å². The van der Waals surface area contributed by atoms with Crippen molar-refractivity contribution in [1.82, 2.24) is 15.1 Å². The third kappa shape index (κ3) is 5.22. The number of nitrogens with one attached hydrogen (secondary N) is 2. The Kier molecular flexibility index (Phi) is 6.29. The molecule has 0 unspecified atom stereocenters. The van der Waals surface area contributed by atoms with Crippen molar-refractivity contribution in [2.75, 3.05) is 11.9 Å². The monoisotopic (exact) mass is 392 g/mol. The molecule has 3 rings (SSSR count). The fourth-order valence-electron chi connectivity index (χ4n) is 2.58. The molecule has 0 aliphatic heterocycles. The number of hydrogen-bond donors (Lipinski definition) is 2. The van der Waals surface area contributed by atoms with E-state index in [1.807, 2.05) is 32.0 Å². The molecule has 150 valence electrons. The first-order valence-electron chi connectivity index (χ1n) is 9.38. The Morgan fingerprint density at radius 3 is 2.45 bits per heavy atom. The van der Waals surface area contributed by atoms with Crippen LogP contribution in [0.25, 0.3) is 0 Å². The molecule has 0 spiro atoms. The van der Waals surface area contributed by atoms with Crippen LogP contribution in [-0.4, -0.2) is 22.2 Å². The number of benzene rings is 2. The quantitative estimate of drug-likeness (QED) is 0.640. The van der Waals surface area contributed by atoms with Crippen molar-refractivity contribution in [3.05, 3.63) is 76.7 Å². The van der Waals surface area contributed by atoms with E-state index in [-0.39, 0.29) is 17.2 Å².